The lowest BCUT2D eigenvalue weighted by atomic mass is 9.83. The number of carbonyl (C=O) groups excluding carboxylic acids is 3. The number of rotatable bonds is 8. The lowest BCUT2D eigenvalue weighted by Crippen LogP contribution is -2.65. The van der Waals surface area contributed by atoms with Gasteiger partial charge in [0.2, 0.25) is 11.8 Å². The summed E-state index contributed by atoms with van der Waals surface area (Å²) in [6, 6.07) is 17.3. The van der Waals surface area contributed by atoms with E-state index in [9.17, 15) is 14.4 Å². The van der Waals surface area contributed by atoms with Crippen LogP contribution in [0.15, 0.2) is 54.6 Å². The first-order valence-electron chi connectivity index (χ1n) is 11.8. The van der Waals surface area contributed by atoms with Crippen molar-refractivity contribution < 1.29 is 14.4 Å². The molecular weight excluding hydrogens is 414 g/mol. The van der Waals surface area contributed by atoms with Gasteiger partial charge in [-0.05, 0) is 43.9 Å². The van der Waals surface area contributed by atoms with Gasteiger partial charge in [0.25, 0.3) is 5.91 Å². The van der Waals surface area contributed by atoms with Crippen LogP contribution >= 0.6 is 0 Å². The minimum atomic E-state index is -0.988. The Hall–Kier alpha value is -3.15. The Morgan fingerprint density at radius 1 is 1.00 bits per heavy atom. The molecule has 0 bridgehead atoms. The number of piperidine rings is 1. The molecule has 3 rings (SSSR count). The Kier molecular flexibility index (Phi) is 8.26. The molecule has 1 saturated heterocycles. The molecule has 2 aromatic rings. The number of carbonyl (C=O) groups is 3. The Morgan fingerprint density at radius 2 is 1.64 bits per heavy atom. The van der Waals surface area contributed by atoms with Crippen molar-refractivity contribution in [1.29, 1.82) is 0 Å². The second-order valence-electron chi connectivity index (χ2n) is 8.88. The van der Waals surface area contributed by atoms with Crippen LogP contribution < -0.4 is 5.32 Å². The van der Waals surface area contributed by atoms with E-state index in [1.54, 1.807) is 16.7 Å². The van der Waals surface area contributed by atoms with Crippen LogP contribution in [0.4, 0.5) is 0 Å². The van der Waals surface area contributed by atoms with Gasteiger partial charge in [-0.2, -0.15) is 0 Å². The van der Waals surface area contributed by atoms with Crippen LogP contribution in [0.2, 0.25) is 0 Å². The highest BCUT2D eigenvalue weighted by Crippen LogP contribution is 2.32. The molecular formula is C27H35N3O3. The molecule has 1 aliphatic heterocycles. The highest BCUT2D eigenvalue weighted by Gasteiger charge is 2.48. The summed E-state index contributed by atoms with van der Waals surface area (Å²) in [6.07, 6.45) is 2.57. The van der Waals surface area contributed by atoms with E-state index in [2.05, 4.69) is 12.2 Å². The zero-order chi connectivity index (χ0) is 23.8. The first-order chi connectivity index (χ1) is 15.9. The van der Waals surface area contributed by atoms with Crippen molar-refractivity contribution in [2.45, 2.75) is 58.5 Å². The van der Waals surface area contributed by atoms with Crippen molar-refractivity contribution in [3.63, 3.8) is 0 Å². The van der Waals surface area contributed by atoms with Crippen LogP contribution in [0.25, 0.3) is 0 Å². The lowest BCUT2D eigenvalue weighted by molar-refractivity contribution is -0.140. The third-order valence-electron chi connectivity index (χ3n) is 6.55. The van der Waals surface area contributed by atoms with Gasteiger partial charge in [-0.15, -0.1) is 0 Å². The molecule has 0 spiro atoms. The number of benzene rings is 2. The van der Waals surface area contributed by atoms with Gasteiger partial charge in [-0.25, -0.2) is 0 Å². The summed E-state index contributed by atoms with van der Waals surface area (Å²) < 4.78 is 0. The minimum Gasteiger partial charge on any atom is -0.350 e. The first-order valence-corrected chi connectivity index (χ1v) is 11.8. The fourth-order valence-electron chi connectivity index (χ4n) is 4.43. The molecule has 0 unspecified atom stereocenters. The van der Waals surface area contributed by atoms with Crippen molar-refractivity contribution in [3.05, 3.63) is 71.3 Å². The number of amides is 3. The highest BCUT2D eigenvalue weighted by atomic mass is 16.2. The van der Waals surface area contributed by atoms with E-state index in [-0.39, 0.29) is 17.7 Å². The van der Waals surface area contributed by atoms with E-state index in [0.717, 1.165) is 24.0 Å². The lowest BCUT2D eigenvalue weighted by Gasteiger charge is -2.47. The molecule has 3 amide bonds. The molecule has 6 nitrogen and oxygen atoms in total. The topological polar surface area (TPSA) is 69.7 Å². The maximum atomic E-state index is 13.8. The minimum absolute atomic E-state index is 0.00161. The van der Waals surface area contributed by atoms with E-state index in [4.69, 9.17) is 0 Å². The largest absolute Gasteiger partial charge is 0.350 e. The number of unbranched alkanes of at least 4 members (excludes halogenated alkanes) is 1. The summed E-state index contributed by atoms with van der Waals surface area (Å²) in [4.78, 5) is 43.0. The van der Waals surface area contributed by atoms with Gasteiger partial charge >= 0.3 is 0 Å². The van der Waals surface area contributed by atoms with E-state index < -0.39 is 5.54 Å². The molecule has 1 N–H and O–H groups in total. The molecule has 0 aliphatic carbocycles. The van der Waals surface area contributed by atoms with Crippen LogP contribution in [0.3, 0.4) is 0 Å². The van der Waals surface area contributed by atoms with Gasteiger partial charge in [0.05, 0.1) is 0 Å². The Morgan fingerprint density at radius 3 is 2.21 bits per heavy atom. The number of hydrogen-bond acceptors (Lipinski definition) is 3. The molecule has 33 heavy (non-hydrogen) atoms. The molecule has 1 aliphatic rings. The first kappa shape index (κ1) is 24.5. The zero-order valence-electron chi connectivity index (χ0n) is 20.0. The second-order valence-corrected chi connectivity index (χ2v) is 8.88. The molecule has 1 heterocycles. The molecule has 0 saturated carbocycles. The normalized spacial score (nSPS) is 15.1. The maximum Gasteiger partial charge on any atom is 0.254 e. The van der Waals surface area contributed by atoms with Crippen molar-refractivity contribution in [1.82, 2.24) is 15.1 Å². The van der Waals surface area contributed by atoms with Crippen LogP contribution in [0.1, 0.15) is 61.0 Å². The summed E-state index contributed by atoms with van der Waals surface area (Å²) in [5.74, 6) is -0.279. The number of likely N-dealkylation sites (tertiary alicyclic amines) is 1. The predicted octanol–water partition coefficient (Wildman–Crippen LogP) is 3.93. The quantitative estimate of drug-likeness (QED) is 0.664. The summed E-state index contributed by atoms with van der Waals surface area (Å²) in [6.45, 7) is 7.43. The summed E-state index contributed by atoms with van der Waals surface area (Å²) in [5.41, 5.74) is 1.68. The SMILES string of the molecule is CCCCN(C(=O)c1ccc(C)cc1)C1(C(=O)NCc2ccccc2)CCN(C(C)=O)CC1. The van der Waals surface area contributed by atoms with E-state index in [1.807, 2.05) is 61.5 Å². The molecule has 0 radical (unpaired) electrons. The Balaban J connectivity index is 1.93. The zero-order valence-corrected chi connectivity index (χ0v) is 20.0. The van der Waals surface area contributed by atoms with Crippen molar-refractivity contribution in [2.24, 2.45) is 0 Å². The standard InChI is InChI=1S/C27H35N3O3/c1-4-5-17-30(25(32)24-13-11-21(2)12-14-24)27(15-18-29(19-16-27)22(3)31)26(33)28-20-23-9-7-6-8-10-23/h6-14H,4-5,15-20H2,1-3H3,(H,28,33). The van der Waals surface area contributed by atoms with E-state index in [0.29, 0.717) is 44.6 Å². The average Bonchev–Trinajstić information content (AvgIpc) is 2.84. The Bertz CT molecular complexity index is 948. The Labute approximate surface area is 197 Å². The molecule has 0 aromatic heterocycles. The molecule has 176 valence electrons. The second kappa shape index (κ2) is 11.1. The van der Waals surface area contributed by atoms with Gasteiger partial charge in [0, 0.05) is 38.7 Å². The van der Waals surface area contributed by atoms with E-state index in [1.165, 1.54) is 0 Å². The highest BCUT2D eigenvalue weighted by molar-refractivity contribution is 5.99. The molecule has 0 atom stereocenters. The number of hydrogen-bond donors (Lipinski definition) is 1. The summed E-state index contributed by atoms with van der Waals surface area (Å²) in [7, 11) is 0. The van der Waals surface area contributed by atoms with Gasteiger partial charge in [-0.3, -0.25) is 14.4 Å². The number of aryl methyl sites for hydroxylation is 1. The van der Waals surface area contributed by atoms with Crippen molar-refractivity contribution >= 4 is 17.7 Å². The van der Waals surface area contributed by atoms with Gasteiger partial charge in [-0.1, -0.05) is 61.4 Å². The number of nitrogens with zero attached hydrogens (tertiary/aromatic N) is 2. The third-order valence-corrected chi connectivity index (χ3v) is 6.55. The molecule has 2 aromatic carbocycles. The van der Waals surface area contributed by atoms with Gasteiger partial charge in [0.1, 0.15) is 5.54 Å². The maximum absolute atomic E-state index is 13.8. The molecule has 6 heteroatoms. The molecule has 1 fully saturated rings. The van der Waals surface area contributed by atoms with Crippen molar-refractivity contribution in [3.8, 4) is 0 Å². The summed E-state index contributed by atoms with van der Waals surface area (Å²) in [5, 5.41) is 3.09. The predicted molar refractivity (Wildman–Crippen MR) is 130 cm³/mol. The third kappa shape index (κ3) is 5.81. The fraction of sp³-hybridized carbons (Fsp3) is 0.444. The smallest absolute Gasteiger partial charge is 0.254 e. The average molecular weight is 450 g/mol. The van der Waals surface area contributed by atoms with Gasteiger partial charge < -0.3 is 15.1 Å². The van der Waals surface area contributed by atoms with Crippen LogP contribution in [0, 0.1) is 6.92 Å². The van der Waals surface area contributed by atoms with Crippen LogP contribution in [-0.2, 0) is 16.1 Å². The fourth-order valence-corrected chi connectivity index (χ4v) is 4.43. The van der Waals surface area contributed by atoms with Crippen LogP contribution in [-0.4, -0.2) is 52.7 Å². The monoisotopic (exact) mass is 449 g/mol. The number of nitrogens with one attached hydrogen (secondary N) is 1. The van der Waals surface area contributed by atoms with E-state index >= 15 is 0 Å². The summed E-state index contributed by atoms with van der Waals surface area (Å²) >= 11 is 0. The van der Waals surface area contributed by atoms with Gasteiger partial charge in [0.15, 0.2) is 0 Å². The van der Waals surface area contributed by atoms with Crippen LogP contribution in [0.5, 0.6) is 0 Å². The van der Waals surface area contributed by atoms with Crippen molar-refractivity contribution in [2.75, 3.05) is 19.6 Å².